The van der Waals surface area contributed by atoms with Gasteiger partial charge in [0.1, 0.15) is 5.82 Å². The van der Waals surface area contributed by atoms with E-state index in [-0.39, 0.29) is 24.7 Å². The third-order valence-electron chi connectivity index (χ3n) is 6.13. The van der Waals surface area contributed by atoms with Crippen molar-refractivity contribution in [1.82, 2.24) is 14.9 Å². The Morgan fingerprint density at radius 3 is 2.68 bits per heavy atom. The van der Waals surface area contributed by atoms with E-state index in [1.807, 2.05) is 4.90 Å². The maximum atomic E-state index is 13.3. The Kier molecular flexibility index (Phi) is 4.33. The number of fused-ring (bicyclic) bond motifs is 1. The molecule has 2 saturated carbocycles. The van der Waals surface area contributed by atoms with Crippen LogP contribution in [0.3, 0.4) is 0 Å². The second-order valence-corrected chi connectivity index (χ2v) is 7.72. The van der Waals surface area contributed by atoms with Crippen LogP contribution < -0.4 is 5.32 Å². The van der Waals surface area contributed by atoms with E-state index in [1.54, 1.807) is 18.6 Å². The predicted molar refractivity (Wildman–Crippen MR) is 89.1 cm³/mol. The Morgan fingerprint density at radius 1 is 1.16 bits per heavy atom. The minimum absolute atomic E-state index is 0.0863. The van der Waals surface area contributed by atoms with Crippen molar-refractivity contribution in [2.24, 2.45) is 17.8 Å². The Bertz CT molecular complexity index is 617. The Balaban J connectivity index is 1.35. The lowest BCUT2D eigenvalue weighted by molar-refractivity contribution is -0.138. The van der Waals surface area contributed by atoms with Crippen LogP contribution in [0.2, 0.25) is 0 Å². The van der Waals surface area contributed by atoms with Crippen molar-refractivity contribution >= 4 is 11.7 Å². The number of carbonyl (C=O) groups excluding carboxylic acids is 1. The van der Waals surface area contributed by atoms with Gasteiger partial charge in [-0.2, -0.15) is 0 Å². The van der Waals surface area contributed by atoms with Crippen molar-refractivity contribution in [3.8, 4) is 0 Å². The number of anilines is 1. The number of aromatic nitrogens is 2. The average Bonchev–Trinajstić information content (AvgIpc) is 3.17. The molecule has 1 N–H and O–H groups in total. The largest absolute Gasteiger partial charge is 0.366 e. The number of nitrogens with zero attached hydrogens (tertiary/aromatic N) is 3. The summed E-state index contributed by atoms with van der Waals surface area (Å²) in [5.41, 5.74) is 0. The molecule has 3 atom stereocenters. The van der Waals surface area contributed by atoms with Crippen LogP contribution in [0.5, 0.6) is 0 Å². The molecule has 136 valence electrons. The van der Waals surface area contributed by atoms with E-state index >= 15 is 0 Å². The minimum Gasteiger partial charge on any atom is -0.366 e. The highest BCUT2D eigenvalue weighted by atomic mass is 19.3. The van der Waals surface area contributed by atoms with E-state index in [0.29, 0.717) is 30.7 Å². The van der Waals surface area contributed by atoms with Gasteiger partial charge in [-0.25, -0.2) is 13.8 Å². The van der Waals surface area contributed by atoms with Crippen LogP contribution in [0.15, 0.2) is 18.6 Å². The van der Waals surface area contributed by atoms with Crippen LogP contribution in [0.4, 0.5) is 14.6 Å². The second-order valence-electron chi connectivity index (χ2n) is 7.72. The summed E-state index contributed by atoms with van der Waals surface area (Å²) in [6.45, 7) is 1.50. The second kappa shape index (κ2) is 6.50. The average molecular weight is 350 g/mol. The lowest BCUT2D eigenvalue weighted by Crippen LogP contribution is -2.39. The molecule has 7 heteroatoms. The molecule has 2 heterocycles. The van der Waals surface area contributed by atoms with Crippen molar-refractivity contribution in [3.63, 3.8) is 0 Å². The summed E-state index contributed by atoms with van der Waals surface area (Å²) < 4.78 is 26.6. The molecule has 25 heavy (non-hydrogen) atoms. The van der Waals surface area contributed by atoms with Gasteiger partial charge in [0.2, 0.25) is 11.8 Å². The smallest absolute Gasteiger partial charge is 0.248 e. The summed E-state index contributed by atoms with van der Waals surface area (Å²) in [6, 6.07) is 0.301. The number of rotatable bonds is 3. The van der Waals surface area contributed by atoms with Gasteiger partial charge in [0, 0.05) is 56.2 Å². The fraction of sp³-hybridized carbons (Fsp3) is 0.722. The van der Waals surface area contributed by atoms with Crippen LogP contribution in [0, 0.1) is 17.8 Å². The first-order valence-electron chi connectivity index (χ1n) is 9.21. The van der Waals surface area contributed by atoms with Gasteiger partial charge in [-0.05, 0) is 31.6 Å². The zero-order chi connectivity index (χ0) is 17.4. The first-order chi connectivity index (χ1) is 12.0. The fourth-order valence-electron chi connectivity index (χ4n) is 4.73. The molecule has 1 aliphatic heterocycles. The Hall–Kier alpha value is -1.79. The SMILES string of the molecule is O=C(C1CCC(F)(F)CC1)N1C[C@H]2CC[C@@H](Nc3cnccn3)[C@H]2C1. The van der Waals surface area contributed by atoms with Crippen LogP contribution in [-0.4, -0.2) is 45.8 Å². The topological polar surface area (TPSA) is 58.1 Å². The van der Waals surface area contributed by atoms with Crippen LogP contribution in [-0.2, 0) is 4.79 Å². The molecule has 0 radical (unpaired) electrons. The van der Waals surface area contributed by atoms with Gasteiger partial charge in [0.25, 0.3) is 0 Å². The highest BCUT2D eigenvalue weighted by Gasteiger charge is 2.46. The monoisotopic (exact) mass is 350 g/mol. The van der Waals surface area contributed by atoms with E-state index < -0.39 is 5.92 Å². The standard InChI is InChI=1S/C18H24F2N4O/c19-18(20)5-3-12(4-6-18)17(25)24-10-13-1-2-15(14(13)11-24)23-16-9-21-7-8-22-16/h7-9,12-15H,1-6,10-11H2,(H,22,23)/t13-,14+,15-/m1/s1. The third kappa shape index (κ3) is 3.46. The summed E-state index contributed by atoms with van der Waals surface area (Å²) in [5, 5.41) is 3.45. The third-order valence-corrected chi connectivity index (χ3v) is 6.13. The molecule has 1 aromatic rings. The first kappa shape index (κ1) is 16.7. The summed E-state index contributed by atoms with van der Waals surface area (Å²) in [5.74, 6) is -1.02. The number of halogens is 2. The van der Waals surface area contributed by atoms with Crippen LogP contribution >= 0.6 is 0 Å². The molecule has 0 unspecified atom stereocenters. The number of nitrogens with one attached hydrogen (secondary N) is 1. The molecule has 1 aromatic heterocycles. The zero-order valence-corrected chi connectivity index (χ0v) is 14.2. The molecule has 3 aliphatic rings. The van der Waals surface area contributed by atoms with Crippen LogP contribution in [0.25, 0.3) is 0 Å². The maximum absolute atomic E-state index is 13.3. The summed E-state index contributed by atoms with van der Waals surface area (Å²) in [6.07, 6.45) is 7.52. The van der Waals surface area contributed by atoms with E-state index in [1.165, 1.54) is 0 Å². The van der Waals surface area contributed by atoms with Crippen molar-refractivity contribution in [2.75, 3.05) is 18.4 Å². The molecule has 2 aliphatic carbocycles. The van der Waals surface area contributed by atoms with Gasteiger partial charge >= 0.3 is 0 Å². The van der Waals surface area contributed by atoms with E-state index in [4.69, 9.17) is 0 Å². The molecular formula is C18H24F2N4O. The van der Waals surface area contributed by atoms with Gasteiger partial charge in [-0.3, -0.25) is 9.78 Å². The summed E-state index contributed by atoms with van der Waals surface area (Å²) in [7, 11) is 0. The lowest BCUT2D eigenvalue weighted by Gasteiger charge is -2.31. The molecule has 5 nitrogen and oxygen atoms in total. The van der Waals surface area contributed by atoms with Gasteiger partial charge in [0.15, 0.2) is 0 Å². The number of amides is 1. The quantitative estimate of drug-likeness (QED) is 0.911. The molecule has 1 saturated heterocycles. The molecule has 4 rings (SSSR count). The van der Waals surface area contributed by atoms with E-state index in [0.717, 1.165) is 31.7 Å². The fourth-order valence-corrected chi connectivity index (χ4v) is 4.73. The number of likely N-dealkylation sites (tertiary alicyclic amines) is 1. The highest BCUT2D eigenvalue weighted by Crippen LogP contribution is 2.42. The van der Waals surface area contributed by atoms with Gasteiger partial charge in [-0.1, -0.05) is 0 Å². The van der Waals surface area contributed by atoms with Crippen LogP contribution in [0.1, 0.15) is 38.5 Å². The maximum Gasteiger partial charge on any atom is 0.248 e. The number of alkyl halides is 2. The van der Waals surface area contributed by atoms with Crippen molar-refractivity contribution in [2.45, 2.75) is 50.5 Å². The normalized spacial score (nSPS) is 31.8. The van der Waals surface area contributed by atoms with Crippen molar-refractivity contribution in [3.05, 3.63) is 18.6 Å². The number of carbonyl (C=O) groups is 1. The molecule has 0 aromatic carbocycles. The Morgan fingerprint density at radius 2 is 1.96 bits per heavy atom. The summed E-state index contributed by atoms with van der Waals surface area (Å²) in [4.78, 5) is 23.0. The number of hydrogen-bond donors (Lipinski definition) is 1. The van der Waals surface area contributed by atoms with E-state index in [9.17, 15) is 13.6 Å². The van der Waals surface area contributed by atoms with Gasteiger partial charge in [-0.15, -0.1) is 0 Å². The van der Waals surface area contributed by atoms with Crippen molar-refractivity contribution < 1.29 is 13.6 Å². The minimum atomic E-state index is -2.58. The zero-order valence-electron chi connectivity index (χ0n) is 14.2. The molecule has 3 fully saturated rings. The van der Waals surface area contributed by atoms with Gasteiger partial charge < -0.3 is 10.2 Å². The first-order valence-corrected chi connectivity index (χ1v) is 9.21. The lowest BCUT2D eigenvalue weighted by atomic mass is 9.86. The molecule has 0 spiro atoms. The molecular weight excluding hydrogens is 326 g/mol. The summed E-state index contributed by atoms with van der Waals surface area (Å²) >= 11 is 0. The number of hydrogen-bond acceptors (Lipinski definition) is 4. The van der Waals surface area contributed by atoms with E-state index in [2.05, 4.69) is 15.3 Å². The Labute approximate surface area is 146 Å². The van der Waals surface area contributed by atoms with Gasteiger partial charge in [0.05, 0.1) is 6.20 Å². The molecule has 0 bridgehead atoms. The molecule has 1 amide bonds. The predicted octanol–water partition coefficient (Wildman–Crippen LogP) is 2.95. The highest BCUT2D eigenvalue weighted by molar-refractivity contribution is 5.79. The van der Waals surface area contributed by atoms with Crippen molar-refractivity contribution in [1.29, 1.82) is 0 Å².